The first-order chi connectivity index (χ1) is 31.6. The summed E-state index contributed by atoms with van der Waals surface area (Å²) in [6.45, 7) is 6.08. The van der Waals surface area contributed by atoms with Crippen molar-refractivity contribution in [1.29, 1.82) is 0 Å². The molecule has 0 aliphatic rings. The highest BCUT2D eigenvalue weighted by Crippen LogP contribution is 2.30. The predicted octanol–water partition coefficient (Wildman–Crippen LogP) is 11.5. The zero-order valence-corrected chi connectivity index (χ0v) is 39.4. The zero-order valence-electron chi connectivity index (χ0n) is 36.4. The Kier molecular flexibility index (Phi) is 18.6. The molecule has 0 heterocycles. The number of benzene rings is 5. The van der Waals surface area contributed by atoms with Crippen LogP contribution in [-0.2, 0) is 44.9 Å². The Morgan fingerprint density at radius 1 is 0.530 bits per heavy atom. The van der Waals surface area contributed by atoms with Gasteiger partial charge in [0.05, 0.1) is 32.5 Å². The summed E-state index contributed by atoms with van der Waals surface area (Å²) < 4.78 is 0. The molecule has 2 unspecified atom stereocenters. The molecule has 0 saturated carbocycles. The molecule has 0 aliphatic heterocycles. The Morgan fingerprint density at radius 3 is 1.27 bits per heavy atom. The van der Waals surface area contributed by atoms with E-state index in [2.05, 4.69) is 41.7 Å². The van der Waals surface area contributed by atoms with E-state index in [0.29, 0.717) is 71.3 Å². The third-order valence-corrected chi connectivity index (χ3v) is 11.0. The lowest BCUT2D eigenvalue weighted by molar-refractivity contribution is -0.127. The van der Waals surface area contributed by atoms with E-state index in [0.717, 1.165) is 11.1 Å². The Hall–Kier alpha value is -6.32. The molecule has 5 aromatic carbocycles. The van der Waals surface area contributed by atoms with Gasteiger partial charge in [0.15, 0.2) is 11.6 Å². The van der Waals surface area contributed by atoms with Gasteiger partial charge < -0.3 is 21.3 Å². The molecule has 14 nitrogen and oxygen atoms in total. The molecule has 66 heavy (non-hydrogen) atoms. The van der Waals surface area contributed by atoms with Crippen LogP contribution < -0.4 is 21.3 Å². The highest BCUT2D eigenvalue weighted by Gasteiger charge is 2.27. The van der Waals surface area contributed by atoms with Crippen LogP contribution >= 0.6 is 46.4 Å². The van der Waals surface area contributed by atoms with Gasteiger partial charge in [-0.05, 0) is 135 Å². The summed E-state index contributed by atoms with van der Waals surface area (Å²) in [7, 11) is 0. The largest absolute Gasteiger partial charge is 0.323 e. The number of anilines is 4. The summed E-state index contributed by atoms with van der Waals surface area (Å²) in [6.07, 6.45) is 2.03. The lowest BCUT2D eigenvalue weighted by Gasteiger charge is -2.18. The van der Waals surface area contributed by atoms with Gasteiger partial charge in [0.25, 0.3) is 23.6 Å². The summed E-state index contributed by atoms with van der Waals surface area (Å²) in [6, 6.07) is 23.4. The van der Waals surface area contributed by atoms with Gasteiger partial charge in [0.2, 0.25) is 12.1 Å². The third-order valence-electron chi connectivity index (χ3n) is 9.98. The fourth-order valence-electron chi connectivity index (χ4n) is 6.52. The van der Waals surface area contributed by atoms with E-state index in [1.807, 2.05) is 26.0 Å². The van der Waals surface area contributed by atoms with Gasteiger partial charge in [0, 0.05) is 34.5 Å². The maximum absolute atomic E-state index is 13.6. The summed E-state index contributed by atoms with van der Waals surface area (Å²) in [5, 5.41) is 27.8. The molecular formula is C48H46Cl4N8O6. The van der Waals surface area contributed by atoms with Gasteiger partial charge in [-0.15, -0.1) is 23.2 Å². The molecule has 5 aromatic rings. The van der Waals surface area contributed by atoms with E-state index >= 15 is 0 Å². The van der Waals surface area contributed by atoms with Crippen molar-refractivity contribution in [2.45, 2.75) is 65.5 Å². The quantitative estimate of drug-likeness (QED) is 0.0340. The van der Waals surface area contributed by atoms with E-state index < -0.39 is 47.3 Å². The number of carbonyl (C=O) groups excluding carboxylic acids is 6. The highest BCUT2D eigenvalue weighted by atomic mass is 35.5. The molecule has 0 aliphatic carbocycles. The summed E-state index contributed by atoms with van der Waals surface area (Å²) in [5.41, 5.74) is 5.45. The number of hydrogen-bond donors (Lipinski definition) is 4. The minimum absolute atomic E-state index is 0.0997. The first kappa shape index (κ1) is 50.7. The van der Waals surface area contributed by atoms with Crippen LogP contribution in [0.2, 0.25) is 10.0 Å². The third kappa shape index (κ3) is 13.8. The fraction of sp³-hybridized carbons (Fsp3) is 0.250. The van der Waals surface area contributed by atoms with Crippen LogP contribution in [0.1, 0.15) is 70.7 Å². The standard InChI is InChI=1S/C48H46Cl4N8O6/c1-5-31-23-42(56-48(66)44(28(4)62)60-58-36-14-16-40(52)38(26-36)46(64)54-34-12-8-10-30(22-34)18-20-50)32(6-2)24-41(31)55-47(65)43(27(3)61)59-57-35-13-15-39(51)37(25-35)45(63)53-33-11-7-9-29(21-33)17-19-49/h7-16,21-26,43-44H,5-6,17-20H2,1-4H3,(H,53,63)(H,54,64)(H,55,65)(H,56,66). The number of aryl methyl sites for hydroxylation is 4. The Balaban J connectivity index is 1.29. The molecule has 5 rings (SSSR count). The molecule has 0 spiro atoms. The number of nitrogens with zero attached hydrogens (tertiary/aromatic N) is 4. The molecular weight excluding hydrogens is 926 g/mol. The lowest BCUT2D eigenvalue weighted by atomic mass is 10.0. The number of hydrogen-bond acceptors (Lipinski definition) is 10. The van der Waals surface area contributed by atoms with Gasteiger partial charge in [-0.1, -0.05) is 61.3 Å². The van der Waals surface area contributed by atoms with Gasteiger partial charge in [-0.2, -0.15) is 20.5 Å². The molecule has 0 saturated heterocycles. The number of Topliss-reactive ketones (excluding diaryl/α,β-unsaturated/α-hetero) is 2. The van der Waals surface area contributed by atoms with E-state index in [4.69, 9.17) is 46.4 Å². The van der Waals surface area contributed by atoms with Crippen LogP contribution in [0.4, 0.5) is 34.1 Å². The number of alkyl halides is 2. The number of amides is 4. The van der Waals surface area contributed by atoms with Crippen molar-refractivity contribution in [3.05, 3.63) is 140 Å². The van der Waals surface area contributed by atoms with Crippen molar-refractivity contribution in [1.82, 2.24) is 0 Å². The summed E-state index contributed by atoms with van der Waals surface area (Å²) in [4.78, 5) is 79.1. The Morgan fingerprint density at radius 2 is 0.924 bits per heavy atom. The fourth-order valence-corrected chi connectivity index (χ4v) is 7.36. The minimum Gasteiger partial charge on any atom is -0.323 e. The average Bonchev–Trinajstić information content (AvgIpc) is 3.28. The first-order valence-electron chi connectivity index (χ1n) is 20.8. The monoisotopic (exact) mass is 970 g/mol. The van der Waals surface area contributed by atoms with Gasteiger partial charge in [0.1, 0.15) is 0 Å². The maximum atomic E-state index is 13.6. The van der Waals surface area contributed by atoms with Gasteiger partial charge in [-0.25, -0.2) is 0 Å². The van der Waals surface area contributed by atoms with Crippen LogP contribution in [0, 0.1) is 0 Å². The number of rotatable bonds is 20. The predicted molar refractivity (Wildman–Crippen MR) is 261 cm³/mol. The molecule has 0 aromatic heterocycles. The number of nitrogens with one attached hydrogen (secondary N) is 4. The first-order valence-corrected chi connectivity index (χ1v) is 22.6. The molecule has 0 radical (unpaired) electrons. The van der Waals surface area contributed by atoms with E-state index in [-0.39, 0.29) is 32.5 Å². The Bertz CT molecular complexity index is 2530. The van der Waals surface area contributed by atoms with Crippen LogP contribution in [0.5, 0.6) is 0 Å². The van der Waals surface area contributed by atoms with Crippen molar-refractivity contribution in [2.75, 3.05) is 33.0 Å². The summed E-state index contributed by atoms with van der Waals surface area (Å²) >= 11 is 24.5. The van der Waals surface area contributed by atoms with Crippen LogP contribution in [0.15, 0.2) is 118 Å². The van der Waals surface area contributed by atoms with E-state index in [9.17, 15) is 28.8 Å². The van der Waals surface area contributed by atoms with Crippen molar-refractivity contribution >= 4 is 116 Å². The number of ketones is 2. The van der Waals surface area contributed by atoms with Crippen molar-refractivity contribution in [3.8, 4) is 0 Å². The smallest absolute Gasteiger partial charge is 0.258 e. The van der Waals surface area contributed by atoms with Crippen LogP contribution in [0.3, 0.4) is 0 Å². The van der Waals surface area contributed by atoms with Crippen molar-refractivity contribution in [3.63, 3.8) is 0 Å². The van der Waals surface area contributed by atoms with Crippen molar-refractivity contribution in [2.24, 2.45) is 20.5 Å². The van der Waals surface area contributed by atoms with Crippen LogP contribution in [0.25, 0.3) is 0 Å². The lowest BCUT2D eigenvalue weighted by Crippen LogP contribution is -2.33. The molecule has 4 N–H and O–H groups in total. The van der Waals surface area contributed by atoms with Crippen LogP contribution in [-0.4, -0.2) is 59.0 Å². The maximum Gasteiger partial charge on any atom is 0.258 e. The highest BCUT2D eigenvalue weighted by molar-refractivity contribution is 6.35. The normalized spacial score (nSPS) is 12.1. The van der Waals surface area contributed by atoms with Crippen molar-refractivity contribution < 1.29 is 28.8 Å². The molecule has 0 bridgehead atoms. The second-order valence-electron chi connectivity index (χ2n) is 14.8. The number of carbonyl (C=O) groups is 6. The molecule has 18 heteroatoms. The Labute approximate surface area is 402 Å². The topological polar surface area (TPSA) is 200 Å². The number of halogens is 4. The molecule has 342 valence electrons. The SMILES string of the molecule is CCc1cc(NC(=O)C(N=Nc2ccc(Cl)c(C(=O)Nc3cccc(CCCl)c3)c2)C(C)=O)c(CC)cc1NC(=O)C(N=Nc1ccc(Cl)c(C(=O)Nc2cccc(CCCl)c2)c1)C(C)=O. The molecule has 0 fully saturated rings. The minimum atomic E-state index is -1.55. The number of azo groups is 2. The second-order valence-corrected chi connectivity index (χ2v) is 16.4. The second kappa shape index (κ2) is 24.3. The van der Waals surface area contributed by atoms with E-state index in [1.54, 1.807) is 48.5 Å². The zero-order chi connectivity index (χ0) is 47.9. The molecule has 4 amide bonds. The average molecular weight is 973 g/mol. The van der Waals surface area contributed by atoms with Gasteiger partial charge >= 0.3 is 0 Å². The molecule has 2 atom stereocenters. The van der Waals surface area contributed by atoms with Gasteiger partial charge in [-0.3, -0.25) is 28.8 Å². The summed E-state index contributed by atoms with van der Waals surface area (Å²) in [5.74, 6) is -2.87. The van der Waals surface area contributed by atoms with E-state index in [1.165, 1.54) is 50.2 Å².